The topological polar surface area (TPSA) is 123 Å². The summed E-state index contributed by atoms with van der Waals surface area (Å²) >= 11 is 1.26. The molecular weight excluding hydrogens is 605 g/mol. The molecular formula is C33H30FNO7S2. The number of benzene rings is 4. The highest BCUT2D eigenvalue weighted by molar-refractivity contribution is 7.98. The fraction of sp³-hybridized carbons (Fsp3) is 0.212. The zero-order valence-corrected chi connectivity index (χ0v) is 25.8. The molecule has 5 rings (SSSR count). The second kappa shape index (κ2) is 12.3. The van der Waals surface area contributed by atoms with E-state index in [9.17, 15) is 23.1 Å². The van der Waals surface area contributed by atoms with Crippen molar-refractivity contribution in [2.24, 2.45) is 0 Å². The summed E-state index contributed by atoms with van der Waals surface area (Å²) in [6, 6.07) is 21.7. The van der Waals surface area contributed by atoms with E-state index < -0.39 is 39.4 Å². The van der Waals surface area contributed by atoms with Gasteiger partial charge in [0.1, 0.15) is 28.6 Å². The lowest BCUT2D eigenvalue weighted by Gasteiger charge is -2.21. The number of alkyl carbamates (subject to hydrolysis) is 1. The zero-order chi connectivity index (χ0) is 31.6. The number of ether oxygens (including phenoxy) is 1. The van der Waals surface area contributed by atoms with E-state index in [0.29, 0.717) is 22.5 Å². The van der Waals surface area contributed by atoms with Crippen LogP contribution in [-0.4, -0.2) is 43.0 Å². The number of hydrogen-bond acceptors (Lipinski definition) is 7. The van der Waals surface area contributed by atoms with Gasteiger partial charge in [0.25, 0.3) is 0 Å². The molecule has 5 aromatic rings. The molecule has 8 nitrogen and oxygen atoms in total. The van der Waals surface area contributed by atoms with E-state index >= 15 is 4.39 Å². The molecule has 0 spiro atoms. The Labute approximate surface area is 258 Å². The number of sulfone groups is 1. The molecule has 0 bridgehead atoms. The Morgan fingerprint density at radius 3 is 2.30 bits per heavy atom. The van der Waals surface area contributed by atoms with Gasteiger partial charge >= 0.3 is 12.1 Å². The minimum Gasteiger partial charge on any atom is -0.480 e. The Balaban J connectivity index is 1.28. The number of carboxylic acid groups (broad SMARTS) is 1. The van der Waals surface area contributed by atoms with Crippen LogP contribution in [0.3, 0.4) is 0 Å². The van der Waals surface area contributed by atoms with E-state index in [1.54, 1.807) is 39.0 Å². The van der Waals surface area contributed by atoms with Gasteiger partial charge < -0.3 is 19.6 Å². The van der Waals surface area contributed by atoms with Crippen LogP contribution in [0, 0.1) is 5.82 Å². The van der Waals surface area contributed by atoms with Crippen molar-refractivity contribution in [2.45, 2.75) is 48.0 Å². The first-order valence-electron chi connectivity index (χ1n) is 13.7. The number of rotatable bonds is 9. The van der Waals surface area contributed by atoms with Crippen molar-refractivity contribution in [3.8, 4) is 11.1 Å². The maximum absolute atomic E-state index is 15.5. The normalized spacial score (nSPS) is 12.7. The van der Waals surface area contributed by atoms with E-state index in [1.165, 1.54) is 36.0 Å². The quantitative estimate of drug-likeness (QED) is 0.171. The molecule has 0 saturated carbocycles. The third kappa shape index (κ3) is 6.74. The van der Waals surface area contributed by atoms with Gasteiger partial charge in [0.15, 0.2) is 0 Å². The highest BCUT2D eigenvalue weighted by atomic mass is 32.2. The molecule has 1 unspecified atom stereocenters. The molecule has 1 aromatic heterocycles. The molecule has 1 heterocycles. The van der Waals surface area contributed by atoms with Crippen LogP contribution >= 0.6 is 11.8 Å². The van der Waals surface area contributed by atoms with Crippen LogP contribution in [0.4, 0.5) is 9.18 Å². The van der Waals surface area contributed by atoms with E-state index in [4.69, 9.17) is 9.15 Å². The number of carbonyl (C=O) groups is 2. The van der Waals surface area contributed by atoms with E-state index in [0.717, 1.165) is 22.4 Å². The van der Waals surface area contributed by atoms with Crippen LogP contribution in [-0.2, 0) is 25.1 Å². The van der Waals surface area contributed by atoms with Gasteiger partial charge in [-0.3, -0.25) is 0 Å². The summed E-state index contributed by atoms with van der Waals surface area (Å²) in [4.78, 5) is 23.3. The first-order valence-corrected chi connectivity index (χ1v) is 16.3. The maximum Gasteiger partial charge on any atom is 0.408 e. The molecule has 44 heavy (non-hydrogen) atoms. The fourth-order valence-corrected chi connectivity index (χ4v) is 6.94. The SMILES string of the molecule is CC(C)(C)OC(=O)NC(CSCc1ccc(S(=O)(=O)c2ccc(-c3cccc4c3oc3ccccc34)c(F)c2)cc1)C(=O)O. The number of carboxylic acids is 1. The van der Waals surface area contributed by atoms with Crippen molar-refractivity contribution in [1.29, 1.82) is 0 Å². The van der Waals surface area contributed by atoms with E-state index in [1.807, 2.05) is 36.4 Å². The Hall–Kier alpha value is -4.35. The first-order chi connectivity index (χ1) is 20.8. The molecule has 1 atom stereocenters. The van der Waals surface area contributed by atoms with Gasteiger partial charge in [-0.2, -0.15) is 11.8 Å². The molecule has 1 amide bonds. The van der Waals surface area contributed by atoms with Gasteiger partial charge in [0.05, 0.1) is 9.79 Å². The summed E-state index contributed by atoms with van der Waals surface area (Å²) in [5, 5.41) is 13.5. The molecule has 0 saturated heterocycles. The van der Waals surface area contributed by atoms with Crippen LogP contribution in [0.25, 0.3) is 33.1 Å². The van der Waals surface area contributed by atoms with Crippen LogP contribution < -0.4 is 5.32 Å². The Morgan fingerprint density at radius 1 is 0.932 bits per heavy atom. The lowest BCUT2D eigenvalue weighted by Crippen LogP contribution is -2.44. The van der Waals surface area contributed by atoms with Gasteiger partial charge in [-0.05, 0) is 62.7 Å². The molecule has 0 aliphatic rings. The van der Waals surface area contributed by atoms with Crippen molar-refractivity contribution >= 4 is 55.6 Å². The first kappa shape index (κ1) is 31.1. The van der Waals surface area contributed by atoms with Crippen molar-refractivity contribution in [2.75, 3.05) is 5.75 Å². The third-order valence-electron chi connectivity index (χ3n) is 6.72. The molecule has 4 aromatic carbocycles. The number of thioether (sulfide) groups is 1. The molecule has 0 aliphatic carbocycles. The highest BCUT2D eigenvalue weighted by Crippen LogP contribution is 2.37. The second-order valence-corrected chi connectivity index (χ2v) is 14.1. The number of aliphatic carboxylic acids is 1. The molecule has 0 radical (unpaired) electrons. The summed E-state index contributed by atoms with van der Waals surface area (Å²) in [6.45, 7) is 5.03. The van der Waals surface area contributed by atoms with Crippen molar-refractivity contribution in [1.82, 2.24) is 5.32 Å². The predicted molar refractivity (Wildman–Crippen MR) is 168 cm³/mol. The van der Waals surface area contributed by atoms with Gasteiger partial charge in [-0.15, -0.1) is 0 Å². The number of hydrogen-bond donors (Lipinski definition) is 2. The summed E-state index contributed by atoms with van der Waals surface area (Å²) in [5.74, 6) is -1.45. The molecule has 11 heteroatoms. The fourth-order valence-electron chi connectivity index (χ4n) is 4.66. The Morgan fingerprint density at radius 2 is 1.61 bits per heavy atom. The second-order valence-electron chi connectivity index (χ2n) is 11.1. The average molecular weight is 636 g/mol. The number of amides is 1. The Kier molecular flexibility index (Phi) is 8.71. The molecule has 0 aliphatic heterocycles. The number of fused-ring (bicyclic) bond motifs is 3. The van der Waals surface area contributed by atoms with E-state index in [-0.39, 0.29) is 21.1 Å². The van der Waals surface area contributed by atoms with Crippen molar-refractivity contribution in [3.05, 3.63) is 96.3 Å². The summed E-state index contributed by atoms with van der Waals surface area (Å²) in [6.07, 6.45) is -0.823. The summed E-state index contributed by atoms with van der Waals surface area (Å²) in [7, 11) is -4.02. The van der Waals surface area contributed by atoms with Crippen LogP contribution in [0.1, 0.15) is 26.3 Å². The smallest absolute Gasteiger partial charge is 0.408 e. The minimum atomic E-state index is -4.02. The largest absolute Gasteiger partial charge is 0.480 e. The number of nitrogens with one attached hydrogen (secondary N) is 1. The third-order valence-corrected chi connectivity index (χ3v) is 9.60. The van der Waals surface area contributed by atoms with Crippen molar-refractivity contribution in [3.63, 3.8) is 0 Å². The summed E-state index contributed by atoms with van der Waals surface area (Å²) < 4.78 is 53.3. The molecule has 228 valence electrons. The zero-order valence-electron chi connectivity index (χ0n) is 24.2. The van der Waals surface area contributed by atoms with Gasteiger partial charge in [-0.1, -0.05) is 48.5 Å². The highest BCUT2D eigenvalue weighted by Gasteiger charge is 2.24. The predicted octanol–water partition coefficient (Wildman–Crippen LogP) is 7.44. The van der Waals surface area contributed by atoms with Gasteiger partial charge in [0.2, 0.25) is 9.84 Å². The average Bonchev–Trinajstić information content (AvgIpc) is 3.35. The molecule has 0 fully saturated rings. The lowest BCUT2D eigenvalue weighted by molar-refractivity contribution is -0.138. The monoisotopic (exact) mass is 635 g/mol. The van der Waals surface area contributed by atoms with Crippen LogP contribution in [0.5, 0.6) is 0 Å². The van der Waals surface area contributed by atoms with E-state index in [2.05, 4.69) is 5.32 Å². The number of para-hydroxylation sites is 2. The number of furan rings is 1. The van der Waals surface area contributed by atoms with Crippen LogP contribution in [0.15, 0.2) is 99.1 Å². The minimum absolute atomic E-state index is 0.00668. The Bertz CT molecular complexity index is 1960. The van der Waals surface area contributed by atoms with Gasteiger partial charge in [-0.25, -0.2) is 22.4 Å². The summed E-state index contributed by atoms with van der Waals surface area (Å²) in [5.41, 5.74) is 1.92. The lowest BCUT2D eigenvalue weighted by atomic mass is 10.0. The van der Waals surface area contributed by atoms with Gasteiger partial charge in [0, 0.05) is 33.4 Å². The van der Waals surface area contributed by atoms with Crippen molar-refractivity contribution < 1.29 is 36.7 Å². The van der Waals surface area contributed by atoms with Crippen LogP contribution in [0.2, 0.25) is 0 Å². The number of carbonyl (C=O) groups excluding carboxylic acids is 1. The maximum atomic E-state index is 15.5. The molecule has 2 N–H and O–H groups in total. The number of halogens is 1. The standard InChI is InChI=1S/C33H30FNO7S2/c1-33(2,3)42-32(38)35-28(31(36)37)19-43-18-20-11-13-21(14-12-20)44(39,40)22-15-16-23(27(34)17-22)25-8-6-9-26-24-7-4-5-10-29(24)41-30(25)26/h4-17,28H,18-19H2,1-3H3,(H,35,38)(H,36,37).